The number of thiazole rings is 1. The lowest BCUT2D eigenvalue weighted by Gasteiger charge is -2.12. The normalized spacial score (nSPS) is 11.0. The SMILES string of the molecule is O=c1nc(-c2cncs2)c2ccc(Cl)cc2n1-c1ccccc1. The van der Waals surface area contributed by atoms with Gasteiger partial charge in [-0.3, -0.25) is 9.55 Å². The van der Waals surface area contributed by atoms with Crippen LogP contribution in [0.1, 0.15) is 0 Å². The van der Waals surface area contributed by atoms with E-state index in [9.17, 15) is 4.79 Å². The Morgan fingerprint density at radius 2 is 1.91 bits per heavy atom. The zero-order valence-corrected chi connectivity index (χ0v) is 13.4. The number of hydrogen-bond donors (Lipinski definition) is 0. The molecule has 0 aliphatic rings. The van der Waals surface area contributed by atoms with Crippen molar-refractivity contribution in [1.29, 1.82) is 0 Å². The van der Waals surface area contributed by atoms with E-state index in [2.05, 4.69) is 9.97 Å². The third-order valence-corrected chi connectivity index (χ3v) is 4.55. The fourth-order valence-corrected chi connectivity index (χ4v) is 3.34. The molecule has 0 aliphatic carbocycles. The van der Waals surface area contributed by atoms with Crippen molar-refractivity contribution in [3.8, 4) is 16.3 Å². The first kappa shape index (κ1) is 14.1. The number of benzene rings is 2. The third-order valence-electron chi connectivity index (χ3n) is 3.53. The fraction of sp³-hybridized carbons (Fsp3) is 0. The van der Waals surface area contributed by atoms with Crippen molar-refractivity contribution in [2.45, 2.75) is 0 Å². The molecule has 2 aromatic carbocycles. The summed E-state index contributed by atoms with van der Waals surface area (Å²) in [7, 11) is 0. The van der Waals surface area contributed by atoms with Crippen LogP contribution in [0.4, 0.5) is 0 Å². The molecule has 0 spiro atoms. The van der Waals surface area contributed by atoms with E-state index in [1.54, 1.807) is 28.4 Å². The van der Waals surface area contributed by atoms with Crippen molar-refractivity contribution in [3.05, 3.63) is 75.7 Å². The second-order valence-electron chi connectivity index (χ2n) is 4.94. The van der Waals surface area contributed by atoms with Crippen LogP contribution in [-0.2, 0) is 0 Å². The van der Waals surface area contributed by atoms with Crippen LogP contribution in [-0.4, -0.2) is 14.5 Å². The van der Waals surface area contributed by atoms with Crippen molar-refractivity contribution in [1.82, 2.24) is 14.5 Å². The first-order chi connectivity index (χ1) is 11.2. The molecule has 112 valence electrons. The standard InChI is InChI=1S/C17H10ClN3OS/c18-11-6-7-13-14(8-11)21(12-4-2-1-3-5-12)17(22)20-16(13)15-9-19-10-23-15/h1-10H. The highest BCUT2D eigenvalue weighted by Gasteiger charge is 2.14. The van der Waals surface area contributed by atoms with E-state index in [0.717, 1.165) is 21.5 Å². The number of nitrogens with zero attached hydrogens (tertiary/aromatic N) is 3. The molecule has 6 heteroatoms. The van der Waals surface area contributed by atoms with Gasteiger partial charge in [0.25, 0.3) is 0 Å². The summed E-state index contributed by atoms with van der Waals surface area (Å²) in [5.74, 6) is 0. The maximum Gasteiger partial charge on any atom is 0.353 e. The van der Waals surface area contributed by atoms with E-state index in [4.69, 9.17) is 11.6 Å². The van der Waals surface area contributed by atoms with Gasteiger partial charge in [0, 0.05) is 16.6 Å². The summed E-state index contributed by atoms with van der Waals surface area (Å²) in [6.45, 7) is 0. The molecule has 0 radical (unpaired) electrons. The fourth-order valence-electron chi connectivity index (χ4n) is 2.55. The van der Waals surface area contributed by atoms with Gasteiger partial charge in [-0.25, -0.2) is 4.79 Å². The van der Waals surface area contributed by atoms with E-state index in [-0.39, 0.29) is 5.69 Å². The third kappa shape index (κ3) is 2.44. The Morgan fingerprint density at radius 1 is 1.09 bits per heavy atom. The first-order valence-corrected chi connectivity index (χ1v) is 8.16. The van der Waals surface area contributed by atoms with Crippen LogP contribution >= 0.6 is 22.9 Å². The highest BCUT2D eigenvalue weighted by atomic mass is 35.5. The quantitative estimate of drug-likeness (QED) is 0.551. The molecule has 4 aromatic rings. The first-order valence-electron chi connectivity index (χ1n) is 6.90. The van der Waals surface area contributed by atoms with Crippen LogP contribution in [0.3, 0.4) is 0 Å². The van der Waals surface area contributed by atoms with Gasteiger partial charge in [-0.1, -0.05) is 29.8 Å². The summed E-state index contributed by atoms with van der Waals surface area (Å²) >= 11 is 7.61. The Hall–Kier alpha value is -2.50. The molecule has 4 nitrogen and oxygen atoms in total. The number of para-hydroxylation sites is 1. The van der Waals surface area contributed by atoms with E-state index >= 15 is 0 Å². The number of aromatic nitrogens is 3. The van der Waals surface area contributed by atoms with Gasteiger partial charge in [0.2, 0.25) is 0 Å². The summed E-state index contributed by atoms with van der Waals surface area (Å²) in [6.07, 6.45) is 1.72. The lowest BCUT2D eigenvalue weighted by molar-refractivity contribution is 0.964. The van der Waals surface area contributed by atoms with Crippen LogP contribution in [0, 0.1) is 0 Å². The predicted molar refractivity (Wildman–Crippen MR) is 93.5 cm³/mol. The highest BCUT2D eigenvalue weighted by molar-refractivity contribution is 7.13. The topological polar surface area (TPSA) is 47.8 Å². The van der Waals surface area contributed by atoms with Gasteiger partial charge in [0.15, 0.2) is 0 Å². The molecule has 2 heterocycles. The second-order valence-corrected chi connectivity index (χ2v) is 6.26. The average molecular weight is 340 g/mol. The Labute approximate surface area is 140 Å². The molecule has 4 rings (SSSR count). The summed E-state index contributed by atoms with van der Waals surface area (Å²) in [4.78, 5) is 21.9. The van der Waals surface area contributed by atoms with E-state index in [1.807, 2.05) is 36.4 Å². The van der Waals surface area contributed by atoms with Crippen LogP contribution in [0.2, 0.25) is 5.02 Å². The summed E-state index contributed by atoms with van der Waals surface area (Å²) in [6, 6.07) is 14.9. The largest absolute Gasteiger partial charge is 0.353 e. The molecule has 0 bridgehead atoms. The van der Waals surface area contributed by atoms with Crippen molar-refractivity contribution in [2.75, 3.05) is 0 Å². The molecule has 23 heavy (non-hydrogen) atoms. The number of rotatable bonds is 2. The van der Waals surface area contributed by atoms with Gasteiger partial charge in [-0.05, 0) is 30.3 Å². The minimum Gasteiger partial charge on any atom is -0.260 e. The molecule has 0 fully saturated rings. The van der Waals surface area contributed by atoms with E-state index < -0.39 is 0 Å². The maximum absolute atomic E-state index is 12.7. The van der Waals surface area contributed by atoms with E-state index in [1.165, 1.54) is 11.3 Å². The van der Waals surface area contributed by atoms with Crippen molar-refractivity contribution < 1.29 is 0 Å². The van der Waals surface area contributed by atoms with Crippen LogP contribution in [0.25, 0.3) is 27.2 Å². The van der Waals surface area contributed by atoms with Crippen LogP contribution in [0.15, 0.2) is 65.0 Å². The predicted octanol–water partition coefficient (Wildman–Crippen LogP) is 4.16. The van der Waals surface area contributed by atoms with Crippen molar-refractivity contribution >= 4 is 33.8 Å². The summed E-state index contributed by atoms with van der Waals surface area (Å²) in [5.41, 5.74) is 3.51. The van der Waals surface area contributed by atoms with Crippen molar-refractivity contribution in [3.63, 3.8) is 0 Å². The molecule has 0 atom stereocenters. The van der Waals surface area contributed by atoms with Gasteiger partial charge in [0.05, 0.1) is 27.3 Å². The van der Waals surface area contributed by atoms with Gasteiger partial charge < -0.3 is 0 Å². The summed E-state index contributed by atoms with van der Waals surface area (Å²) in [5, 5.41) is 1.44. The monoisotopic (exact) mass is 339 g/mol. The van der Waals surface area contributed by atoms with E-state index in [0.29, 0.717) is 10.7 Å². The molecule has 0 amide bonds. The van der Waals surface area contributed by atoms with Crippen LogP contribution < -0.4 is 5.69 Å². The summed E-state index contributed by atoms with van der Waals surface area (Å²) < 4.78 is 1.58. The Balaban J connectivity index is 2.14. The zero-order valence-electron chi connectivity index (χ0n) is 11.8. The smallest absolute Gasteiger partial charge is 0.260 e. The maximum atomic E-state index is 12.7. The number of halogens is 1. The minimum absolute atomic E-state index is 0.339. The van der Waals surface area contributed by atoms with Gasteiger partial charge in [-0.2, -0.15) is 4.98 Å². The molecule has 0 aliphatic heterocycles. The highest BCUT2D eigenvalue weighted by Crippen LogP contribution is 2.30. The van der Waals surface area contributed by atoms with Gasteiger partial charge in [0.1, 0.15) is 0 Å². The minimum atomic E-state index is -0.339. The lowest BCUT2D eigenvalue weighted by Crippen LogP contribution is -2.22. The van der Waals surface area contributed by atoms with Crippen molar-refractivity contribution in [2.24, 2.45) is 0 Å². The molecule has 0 N–H and O–H groups in total. The molecule has 0 saturated heterocycles. The Morgan fingerprint density at radius 3 is 2.65 bits per heavy atom. The second kappa shape index (κ2) is 5.61. The molecule has 0 saturated carbocycles. The lowest BCUT2D eigenvalue weighted by atomic mass is 10.1. The number of fused-ring (bicyclic) bond motifs is 1. The molecule has 0 unspecified atom stereocenters. The zero-order chi connectivity index (χ0) is 15.8. The van der Waals surface area contributed by atoms with Gasteiger partial charge >= 0.3 is 5.69 Å². The van der Waals surface area contributed by atoms with Crippen LogP contribution in [0.5, 0.6) is 0 Å². The average Bonchev–Trinajstić information content (AvgIpc) is 3.09. The Bertz CT molecular complexity index is 1040. The molecular formula is C17H10ClN3OS. The molecular weight excluding hydrogens is 330 g/mol. The molecule has 2 aromatic heterocycles. The Kier molecular flexibility index (Phi) is 3.44. The van der Waals surface area contributed by atoms with Gasteiger partial charge in [-0.15, -0.1) is 11.3 Å². The number of hydrogen-bond acceptors (Lipinski definition) is 4.